The average molecular weight is 540 g/mol. The molecule has 1 aromatic carbocycles. The third-order valence-electron chi connectivity index (χ3n) is 8.04. The largest absolute Gasteiger partial charge is 0.507 e. The molecule has 1 N–H and O–H groups in total. The van der Waals surface area contributed by atoms with Gasteiger partial charge in [0, 0.05) is 38.1 Å². The normalized spacial score (nSPS) is 28.6. The summed E-state index contributed by atoms with van der Waals surface area (Å²) in [6, 6.07) is 5.40. The van der Waals surface area contributed by atoms with Gasteiger partial charge in [-0.1, -0.05) is 12.6 Å². The number of aromatic hydroxyl groups is 1. The third-order valence-corrected chi connectivity index (χ3v) is 8.04. The Morgan fingerprint density at radius 2 is 2.10 bits per heavy atom. The number of rotatable bonds is 3. The minimum atomic E-state index is -2.42. The molecule has 3 fully saturated rings. The fraction of sp³-hybridized carbons (Fsp3) is 0.500. The number of benzene rings is 1. The van der Waals surface area contributed by atoms with Gasteiger partial charge in [-0.25, -0.2) is 13.8 Å². The second kappa shape index (κ2) is 9.75. The van der Waals surface area contributed by atoms with E-state index < -0.39 is 47.8 Å². The number of fused-ring (bicyclic) bond motifs is 3. The van der Waals surface area contributed by atoms with Crippen molar-refractivity contribution in [1.29, 1.82) is 5.26 Å². The van der Waals surface area contributed by atoms with Crippen LogP contribution in [0.3, 0.4) is 0 Å². The number of ether oxygens (including phenoxy) is 1. The molecule has 0 saturated carbocycles. The summed E-state index contributed by atoms with van der Waals surface area (Å²) in [4.78, 5) is 36.0. The summed E-state index contributed by atoms with van der Waals surface area (Å²) in [5, 5.41) is 20.2. The summed E-state index contributed by atoms with van der Waals surface area (Å²) in [5.41, 5.74) is -3.67. The van der Waals surface area contributed by atoms with Crippen molar-refractivity contribution in [2.45, 2.75) is 43.9 Å². The van der Waals surface area contributed by atoms with Crippen molar-refractivity contribution in [3.8, 4) is 11.8 Å². The highest BCUT2D eigenvalue weighted by Gasteiger charge is 2.51. The number of halogens is 2. The van der Waals surface area contributed by atoms with Gasteiger partial charge in [0.1, 0.15) is 17.4 Å². The second-order valence-electron chi connectivity index (χ2n) is 11.1. The van der Waals surface area contributed by atoms with Crippen LogP contribution >= 0.6 is 0 Å². The predicted octanol–water partition coefficient (Wildman–Crippen LogP) is 2.52. The summed E-state index contributed by atoms with van der Waals surface area (Å²) in [5.74, 6) is -2.23. The molecule has 3 atom stereocenters. The molecule has 4 aliphatic rings. The maximum absolute atomic E-state index is 17.0. The SMILES string of the molecule is C=CC(=O)N1CCN2C(=O)C3=C(N4CC(C#N)CC4(C)C)N=C(c4c(O)cccc4F)C(F)(COC[C@H]2C1)C3. The van der Waals surface area contributed by atoms with Gasteiger partial charge in [-0.2, -0.15) is 5.26 Å². The molecule has 0 radical (unpaired) electrons. The fourth-order valence-corrected chi connectivity index (χ4v) is 6.09. The van der Waals surface area contributed by atoms with Gasteiger partial charge < -0.3 is 24.5 Å². The van der Waals surface area contributed by atoms with Crippen LogP contribution in [-0.2, 0) is 14.3 Å². The fourth-order valence-electron chi connectivity index (χ4n) is 6.09. The molecule has 0 aromatic heterocycles. The van der Waals surface area contributed by atoms with Crippen LogP contribution in [0.25, 0.3) is 0 Å². The van der Waals surface area contributed by atoms with Gasteiger partial charge in [0.25, 0.3) is 5.91 Å². The molecule has 4 aliphatic heterocycles. The topological polar surface area (TPSA) is 109 Å². The molecule has 206 valence electrons. The maximum atomic E-state index is 17.0. The van der Waals surface area contributed by atoms with E-state index in [1.165, 1.54) is 18.2 Å². The van der Waals surface area contributed by atoms with Crippen molar-refractivity contribution in [1.82, 2.24) is 14.7 Å². The zero-order chi connectivity index (χ0) is 28.1. The van der Waals surface area contributed by atoms with Crippen LogP contribution in [0.15, 0.2) is 47.2 Å². The van der Waals surface area contributed by atoms with Gasteiger partial charge in [-0.15, -0.1) is 0 Å². The number of amides is 2. The lowest BCUT2D eigenvalue weighted by molar-refractivity contribution is -0.139. The van der Waals surface area contributed by atoms with E-state index in [4.69, 9.17) is 4.74 Å². The Labute approximate surface area is 225 Å². The van der Waals surface area contributed by atoms with E-state index in [9.17, 15) is 20.0 Å². The first kappa shape index (κ1) is 26.8. The first-order valence-corrected chi connectivity index (χ1v) is 13.0. The Balaban J connectivity index is 1.67. The predicted molar refractivity (Wildman–Crippen MR) is 138 cm³/mol. The quantitative estimate of drug-likeness (QED) is 0.592. The van der Waals surface area contributed by atoms with Crippen molar-refractivity contribution < 1.29 is 28.2 Å². The number of nitriles is 1. The van der Waals surface area contributed by atoms with Gasteiger partial charge in [0.05, 0.1) is 48.1 Å². The number of phenols is 1. The van der Waals surface area contributed by atoms with E-state index in [1.54, 1.807) is 9.80 Å². The van der Waals surface area contributed by atoms with Crippen LogP contribution in [0, 0.1) is 23.1 Å². The first-order chi connectivity index (χ1) is 18.5. The first-order valence-electron chi connectivity index (χ1n) is 13.0. The molecule has 0 spiro atoms. The maximum Gasteiger partial charge on any atom is 0.254 e. The number of carbonyl (C=O) groups is 2. The monoisotopic (exact) mass is 539 g/mol. The number of hydrogen-bond acceptors (Lipinski definition) is 7. The molecule has 1 aromatic rings. The van der Waals surface area contributed by atoms with E-state index in [0.29, 0.717) is 6.42 Å². The van der Waals surface area contributed by atoms with Gasteiger partial charge in [0.15, 0.2) is 5.67 Å². The zero-order valence-electron chi connectivity index (χ0n) is 22.0. The minimum Gasteiger partial charge on any atom is -0.507 e. The van der Waals surface area contributed by atoms with Crippen LogP contribution in [0.5, 0.6) is 5.75 Å². The van der Waals surface area contributed by atoms with Gasteiger partial charge in [0.2, 0.25) is 5.91 Å². The van der Waals surface area contributed by atoms with Gasteiger partial charge in [-0.3, -0.25) is 9.59 Å². The van der Waals surface area contributed by atoms with Crippen molar-refractivity contribution in [3.63, 3.8) is 0 Å². The standard InChI is InChI=1S/C28H31F2N5O4/c1-4-22(37)33-8-9-34-18(14-33)15-39-16-28(30)11-19(26(34)38)25(35-13-17(12-31)10-27(35,2)3)32-24(28)23-20(29)6-5-7-21(23)36/h4-7,17-18,36H,1,8-11,13-16H2,2-3H3/t17?,18-,28?/m1/s1. The highest BCUT2D eigenvalue weighted by molar-refractivity contribution is 6.12. The second-order valence-corrected chi connectivity index (χ2v) is 11.1. The molecule has 0 aliphatic carbocycles. The Kier molecular flexibility index (Phi) is 6.71. The van der Waals surface area contributed by atoms with E-state index >= 15 is 8.78 Å². The summed E-state index contributed by atoms with van der Waals surface area (Å²) in [6.07, 6.45) is 1.26. The number of hydrogen-bond donors (Lipinski definition) is 1. The Morgan fingerprint density at radius 3 is 2.77 bits per heavy atom. The Morgan fingerprint density at radius 1 is 1.33 bits per heavy atom. The van der Waals surface area contributed by atoms with E-state index in [-0.39, 0.29) is 67.3 Å². The van der Waals surface area contributed by atoms with Crippen LogP contribution in [0.1, 0.15) is 32.3 Å². The Hall–Kier alpha value is -3.78. The molecule has 2 bridgehead atoms. The van der Waals surface area contributed by atoms with E-state index in [2.05, 4.69) is 17.6 Å². The van der Waals surface area contributed by atoms with Crippen LogP contribution < -0.4 is 0 Å². The van der Waals surface area contributed by atoms with Gasteiger partial charge in [-0.05, 0) is 38.5 Å². The highest BCUT2D eigenvalue weighted by atomic mass is 19.1. The van der Waals surface area contributed by atoms with Crippen molar-refractivity contribution >= 4 is 17.5 Å². The zero-order valence-corrected chi connectivity index (χ0v) is 22.0. The van der Waals surface area contributed by atoms with Crippen LogP contribution in [-0.4, -0.2) is 94.0 Å². The number of phenolic OH excluding ortho intramolecular Hbond substituents is 1. The van der Waals surface area contributed by atoms with E-state index in [0.717, 1.165) is 6.07 Å². The molecule has 39 heavy (non-hydrogen) atoms. The highest BCUT2D eigenvalue weighted by Crippen LogP contribution is 2.44. The minimum absolute atomic E-state index is 0.0524. The number of piperazine rings is 1. The lowest BCUT2D eigenvalue weighted by atomic mass is 9.84. The average Bonchev–Trinajstić information content (AvgIpc) is 3.23. The van der Waals surface area contributed by atoms with Crippen molar-refractivity contribution in [2.24, 2.45) is 10.9 Å². The Bertz CT molecular complexity index is 1320. The molecule has 4 heterocycles. The summed E-state index contributed by atoms with van der Waals surface area (Å²) < 4.78 is 37.8. The molecule has 9 nitrogen and oxygen atoms in total. The molecule has 11 heteroatoms. The third kappa shape index (κ3) is 4.56. The van der Waals surface area contributed by atoms with Gasteiger partial charge >= 0.3 is 0 Å². The molecular weight excluding hydrogens is 508 g/mol. The summed E-state index contributed by atoms with van der Waals surface area (Å²) >= 11 is 0. The van der Waals surface area contributed by atoms with Crippen LogP contribution in [0.2, 0.25) is 0 Å². The number of alkyl halides is 1. The lowest BCUT2D eigenvalue weighted by Crippen LogP contribution is -2.58. The van der Waals surface area contributed by atoms with Crippen LogP contribution in [0.4, 0.5) is 8.78 Å². The number of nitrogens with zero attached hydrogens (tertiary/aromatic N) is 5. The molecule has 2 amide bonds. The molecule has 5 rings (SSSR count). The lowest BCUT2D eigenvalue weighted by Gasteiger charge is -2.42. The number of likely N-dealkylation sites (tertiary alicyclic amines) is 1. The smallest absolute Gasteiger partial charge is 0.254 e. The molecule has 2 unspecified atom stereocenters. The summed E-state index contributed by atoms with van der Waals surface area (Å²) in [7, 11) is 0. The van der Waals surface area contributed by atoms with Crippen molar-refractivity contribution in [3.05, 3.63) is 53.6 Å². The number of carbonyl (C=O) groups excluding carboxylic acids is 2. The number of aliphatic imine (C=N–C) groups is 1. The molecule has 3 saturated heterocycles. The van der Waals surface area contributed by atoms with Crippen molar-refractivity contribution in [2.75, 3.05) is 39.4 Å². The molecular formula is C28H31F2N5O4. The van der Waals surface area contributed by atoms with E-state index in [1.807, 2.05) is 18.7 Å². The summed E-state index contributed by atoms with van der Waals surface area (Å²) in [6.45, 7) is 7.70.